The van der Waals surface area contributed by atoms with Crippen LogP contribution in [0.4, 0.5) is 5.95 Å². The van der Waals surface area contributed by atoms with Gasteiger partial charge in [0.15, 0.2) is 5.60 Å². The molecule has 1 fully saturated rings. The number of aromatic nitrogens is 3. The minimum absolute atomic E-state index is 0.120. The number of anilines is 1. The van der Waals surface area contributed by atoms with E-state index >= 15 is 0 Å². The number of piperidine rings is 1. The molecular formula is C19H22N6O2. The Morgan fingerprint density at radius 1 is 1.22 bits per heavy atom. The van der Waals surface area contributed by atoms with Gasteiger partial charge in [-0.05, 0) is 31.0 Å². The smallest absolute Gasteiger partial charge is 0.271 e. The third-order valence-corrected chi connectivity index (χ3v) is 4.93. The van der Waals surface area contributed by atoms with E-state index in [1.807, 2.05) is 18.2 Å². The van der Waals surface area contributed by atoms with Gasteiger partial charge < -0.3 is 14.6 Å². The third kappa shape index (κ3) is 3.74. The van der Waals surface area contributed by atoms with Gasteiger partial charge in [-0.15, -0.1) is 0 Å². The van der Waals surface area contributed by atoms with E-state index in [0.717, 1.165) is 25.1 Å². The standard InChI is InChI=1S/C19H22N6O2/c1-24(13-15-6-2-3-8-20-15)17(26)16-12-19(27-23-16)7-4-11-25(14-19)18-21-9-5-10-22-18/h2-3,5-6,8-10H,4,7,11-14H2,1H3. The van der Waals surface area contributed by atoms with Crippen molar-refractivity contribution in [2.75, 3.05) is 25.0 Å². The largest absolute Gasteiger partial charge is 0.386 e. The van der Waals surface area contributed by atoms with Crippen LogP contribution in [0.25, 0.3) is 0 Å². The average Bonchev–Trinajstić information content (AvgIpc) is 3.12. The molecule has 2 aliphatic heterocycles. The van der Waals surface area contributed by atoms with Crippen molar-refractivity contribution in [1.29, 1.82) is 0 Å². The first-order valence-corrected chi connectivity index (χ1v) is 9.08. The zero-order valence-electron chi connectivity index (χ0n) is 15.3. The molecule has 0 bridgehead atoms. The number of carbonyl (C=O) groups excluding carboxylic acids is 1. The maximum atomic E-state index is 12.8. The summed E-state index contributed by atoms with van der Waals surface area (Å²) >= 11 is 0. The second-order valence-electron chi connectivity index (χ2n) is 7.05. The van der Waals surface area contributed by atoms with Gasteiger partial charge in [-0.1, -0.05) is 11.2 Å². The first-order chi connectivity index (χ1) is 13.2. The Kier molecular flexibility index (Phi) is 4.70. The van der Waals surface area contributed by atoms with Crippen molar-refractivity contribution in [3.63, 3.8) is 0 Å². The van der Waals surface area contributed by atoms with Crippen LogP contribution in [0, 0.1) is 0 Å². The van der Waals surface area contributed by atoms with Gasteiger partial charge in [0.2, 0.25) is 5.95 Å². The Hall–Kier alpha value is -3.03. The lowest BCUT2D eigenvalue weighted by Crippen LogP contribution is -2.49. The highest BCUT2D eigenvalue weighted by Crippen LogP contribution is 2.34. The molecule has 0 aliphatic carbocycles. The van der Waals surface area contributed by atoms with E-state index < -0.39 is 5.60 Å². The van der Waals surface area contributed by atoms with E-state index in [1.54, 1.807) is 36.6 Å². The first kappa shape index (κ1) is 17.4. The van der Waals surface area contributed by atoms with E-state index in [-0.39, 0.29) is 5.91 Å². The summed E-state index contributed by atoms with van der Waals surface area (Å²) in [6.45, 7) is 1.94. The highest BCUT2D eigenvalue weighted by atomic mass is 16.7. The summed E-state index contributed by atoms with van der Waals surface area (Å²) in [5.74, 6) is 0.567. The average molecular weight is 366 g/mol. The predicted molar refractivity (Wildman–Crippen MR) is 100 cm³/mol. The highest BCUT2D eigenvalue weighted by molar-refractivity contribution is 6.39. The van der Waals surface area contributed by atoms with Gasteiger partial charge in [-0.3, -0.25) is 9.78 Å². The quantitative estimate of drug-likeness (QED) is 0.818. The molecule has 4 heterocycles. The van der Waals surface area contributed by atoms with Crippen molar-refractivity contribution >= 4 is 17.6 Å². The first-order valence-electron chi connectivity index (χ1n) is 9.08. The summed E-state index contributed by atoms with van der Waals surface area (Å²) in [5, 5.41) is 4.14. The number of hydrogen-bond donors (Lipinski definition) is 0. The van der Waals surface area contributed by atoms with Crippen LogP contribution >= 0.6 is 0 Å². The third-order valence-electron chi connectivity index (χ3n) is 4.93. The molecule has 2 aromatic rings. The minimum atomic E-state index is -0.478. The number of amides is 1. The minimum Gasteiger partial charge on any atom is -0.386 e. The number of nitrogens with zero attached hydrogens (tertiary/aromatic N) is 6. The lowest BCUT2D eigenvalue weighted by molar-refractivity contribution is -0.123. The van der Waals surface area contributed by atoms with Crippen LogP contribution in [0.1, 0.15) is 25.0 Å². The Balaban J connectivity index is 1.40. The molecule has 0 N–H and O–H groups in total. The van der Waals surface area contributed by atoms with Crippen LogP contribution in [0.3, 0.4) is 0 Å². The van der Waals surface area contributed by atoms with Crippen LogP contribution in [0.2, 0.25) is 0 Å². The normalized spacial score (nSPS) is 21.7. The van der Waals surface area contributed by atoms with Crippen molar-refractivity contribution in [2.24, 2.45) is 5.16 Å². The maximum Gasteiger partial charge on any atom is 0.271 e. The number of carbonyl (C=O) groups is 1. The summed E-state index contributed by atoms with van der Waals surface area (Å²) < 4.78 is 0. The second-order valence-corrected chi connectivity index (χ2v) is 7.05. The Labute approximate surface area is 157 Å². The molecule has 140 valence electrons. The summed E-state index contributed by atoms with van der Waals surface area (Å²) in [6, 6.07) is 7.47. The van der Waals surface area contributed by atoms with Gasteiger partial charge in [-0.2, -0.15) is 0 Å². The zero-order valence-corrected chi connectivity index (χ0v) is 15.3. The van der Waals surface area contributed by atoms with Crippen molar-refractivity contribution in [3.05, 3.63) is 48.5 Å². The van der Waals surface area contributed by atoms with E-state index in [2.05, 4.69) is 25.0 Å². The van der Waals surface area contributed by atoms with Crippen LogP contribution in [-0.2, 0) is 16.2 Å². The zero-order chi connectivity index (χ0) is 18.7. The molecule has 8 nitrogen and oxygen atoms in total. The molecule has 1 unspecified atom stereocenters. The van der Waals surface area contributed by atoms with E-state index in [9.17, 15) is 4.79 Å². The molecule has 0 radical (unpaired) electrons. The molecule has 8 heteroatoms. The number of hydrogen-bond acceptors (Lipinski definition) is 7. The molecule has 2 aliphatic rings. The maximum absolute atomic E-state index is 12.8. The Morgan fingerprint density at radius 3 is 2.81 bits per heavy atom. The van der Waals surface area contributed by atoms with Crippen molar-refractivity contribution in [2.45, 2.75) is 31.4 Å². The Bertz CT molecular complexity index is 829. The monoisotopic (exact) mass is 366 g/mol. The molecule has 0 aromatic carbocycles. The van der Waals surface area contributed by atoms with Gasteiger partial charge in [0, 0.05) is 38.6 Å². The number of oxime groups is 1. The van der Waals surface area contributed by atoms with Crippen molar-refractivity contribution < 1.29 is 9.63 Å². The lowest BCUT2D eigenvalue weighted by atomic mass is 9.88. The highest BCUT2D eigenvalue weighted by Gasteiger charge is 2.45. The fourth-order valence-corrected chi connectivity index (χ4v) is 3.61. The Morgan fingerprint density at radius 2 is 2.04 bits per heavy atom. The molecule has 1 amide bonds. The molecule has 1 saturated heterocycles. The predicted octanol–water partition coefficient (Wildman–Crippen LogP) is 1.65. The summed E-state index contributed by atoms with van der Waals surface area (Å²) in [5.41, 5.74) is 0.825. The van der Waals surface area contributed by atoms with E-state index in [4.69, 9.17) is 4.84 Å². The lowest BCUT2D eigenvalue weighted by Gasteiger charge is -2.38. The van der Waals surface area contributed by atoms with Gasteiger partial charge in [0.1, 0.15) is 5.71 Å². The number of rotatable bonds is 4. The van der Waals surface area contributed by atoms with Crippen LogP contribution in [0.15, 0.2) is 48.0 Å². The van der Waals surface area contributed by atoms with Crippen LogP contribution in [-0.4, -0.2) is 57.2 Å². The van der Waals surface area contributed by atoms with Crippen molar-refractivity contribution in [1.82, 2.24) is 19.9 Å². The van der Waals surface area contributed by atoms with Gasteiger partial charge >= 0.3 is 0 Å². The van der Waals surface area contributed by atoms with E-state index in [1.165, 1.54) is 0 Å². The molecule has 2 aromatic heterocycles. The van der Waals surface area contributed by atoms with Gasteiger partial charge in [0.05, 0.1) is 18.8 Å². The molecule has 27 heavy (non-hydrogen) atoms. The fourth-order valence-electron chi connectivity index (χ4n) is 3.61. The summed E-state index contributed by atoms with van der Waals surface area (Å²) in [6.07, 6.45) is 7.50. The van der Waals surface area contributed by atoms with Gasteiger partial charge in [0.25, 0.3) is 5.91 Å². The molecule has 1 atom stereocenters. The molecular weight excluding hydrogens is 344 g/mol. The van der Waals surface area contributed by atoms with Crippen LogP contribution < -0.4 is 4.90 Å². The van der Waals surface area contributed by atoms with Crippen LogP contribution in [0.5, 0.6) is 0 Å². The molecule has 4 rings (SSSR count). The SMILES string of the molecule is CN(Cc1ccccn1)C(=O)C1=NOC2(CCCN(c3ncccn3)C2)C1. The van der Waals surface area contributed by atoms with E-state index in [0.29, 0.717) is 31.2 Å². The molecule has 1 spiro atoms. The van der Waals surface area contributed by atoms with Gasteiger partial charge in [-0.25, -0.2) is 9.97 Å². The molecule has 0 saturated carbocycles. The summed E-state index contributed by atoms with van der Waals surface area (Å²) in [4.78, 5) is 35.2. The summed E-state index contributed by atoms with van der Waals surface area (Å²) in [7, 11) is 1.76. The topological polar surface area (TPSA) is 83.8 Å². The van der Waals surface area contributed by atoms with Crippen molar-refractivity contribution in [3.8, 4) is 0 Å². The fraction of sp³-hybridized carbons (Fsp3) is 0.421. The number of pyridine rings is 1. The second kappa shape index (κ2) is 7.30.